The van der Waals surface area contributed by atoms with Crippen molar-refractivity contribution in [1.29, 1.82) is 0 Å². The van der Waals surface area contributed by atoms with Crippen LogP contribution in [0.3, 0.4) is 0 Å². The second kappa shape index (κ2) is 7.39. The molecule has 0 saturated heterocycles. The highest BCUT2D eigenvalue weighted by molar-refractivity contribution is 8.00. The van der Waals surface area contributed by atoms with Crippen LogP contribution in [-0.4, -0.2) is 46.0 Å². The summed E-state index contributed by atoms with van der Waals surface area (Å²) in [5.41, 5.74) is 0. The van der Waals surface area contributed by atoms with Crippen molar-refractivity contribution in [2.24, 2.45) is 0 Å². The molecular formula is C11H13F9O2S. The van der Waals surface area contributed by atoms with E-state index in [0.717, 1.165) is 0 Å². The summed E-state index contributed by atoms with van der Waals surface area (Å²) in [6, 6.07) is 0. The monoisotopic (exact) mass is 380 g/mol. The fraction of sp³-hybridized carbons (Fsp3) is 0.909. The summed E-state index contributed by atoms with van der Waals surface area (Å²) in [6.07, 6.45) is -9.52. The number of aliphatic carboxylic acids is 1. The van der Waals surface area contributed by atoms with Gasteiger partial charge in [0.15, 0.2) is 0 Å². The number of thioether (sulfide) groups is 1. The second-order valence-corrected chi connectivity index (χ2v) is 5.87. The molecule has 12 heteroatoms. The highest BCUT2D eigenvalue weighted by Gasteiger charge is 2.81. The summed E-state index contributed by atoms with van der Waals surface area (Å²) >= 11 is 0.607. The summed E-state index contributed by atoms with van der Waals surface area (Å²) in [5.74, 6) is -20.8. The summed E-state index contributed by atoms with van der Waals surface area (Å²) < 4.78 is 113. The van der Waals surface area contributed by atoms with Gasteiger partial charge in [-0.3, -0.25) is 4.79 Å². The Morgan fingerprint density at radius 3 is 1.83 bits per heavy atom. The van der Waals surface area contributed by atoms with Gasteiger partial charge in [-0.05, 0) is 18.6 Å². The Hall–Kier alpha value is -0.810. The maximum absolute atomic E-state index is 13.1. The van der Waals surface area contributed by atoms with Gasteiger partial charge in [-0.2, -0.15) is 39.5 Å². The first-order chi connectivity index (χ1) is 10.1. The van der Waals surface area contributed by atoms with Crippen LogP contribution < -0.4 is 0 Å². The first-order valence-corrected chi connectivity index (χ1v) is 7.21. The number of alkyl halides is 9. The number of carbonyl (C=O) groups is 1. The zero-order valence-electron chi connectivity index (χ0n) is 11.6. The van der Waals surface area contributed by atoms with E-state index in [1.807, 2.05) is 0 Å². The second-order valence-electron chi connectivity index (χ2n) is 4.56. The average molecular weight is 380 g/mol. The fourth-order valence-electron chi connectivity index (χ4n) is 1.45. The molecule has 0 spiro atoms. The lowest BCUT2D eigenvalue weighted by Crippen LogP contribution is -2.60. The van der Waals surface area contributed by atoms with E-state index < -0.39 is 53.8 Å². The van der Waals surface area contributed by atoms with Crippen molar-refractivity contribution in [3.63, 3.8) is 0 Å². The Balaban J connectivity index is 4.84. The molecule has 1 atom stereocenters. The summed E-state index contributed by atoms with van der Waals surface area (Å²) in [7, 11) is 0. The van der Waals surface area contributed by atoms with Crippen molar-refractivity contribution in [1.82, 2.24) is 0 Å². The van der Waals surface area contributed by atoms with Crippen LogP contribution in [0.1, 0.15) is 26.2 Å². The Morgan fingerprint density at radius 1 is 1.00 bits per heavy atom. The molecule has 0 aliphatic carbocycles. The van der Waals surface area contributed by atoms with E-state index in [2.05, 4.69) is 0 Å². The topological polar surface area (TPSA) is 37.3 Å². The van der Waals surface area contributed by atoms with Crippen molar-refractivity contribution in [3.05, 3.63) is 0 Å². The molecule has 0 rings (SSSR count). The van der Waals surface area contributed by atoms with E-state index >= 15 is 0 Å². The van der Waals surface area contributed by atoms with Crippen molar-refractivity contribution in [2.75, 3.05) is 5.75 Å². The Labute approximate surface area is 129 Å². The molecule has 0 saturated carbocycles. The van der Waals surface area contributed by atoms with E-state index in [9.17, 15) is 44.3 Å². The van der Waals surface area contributed by atoms with Crippen molar-refractivity contribution in [2.45, 2.75) is 55.4 Å². The normalized spacial score (nSPS) is 15.6. The van der Waals surface area contributed by atoms with Crippen LogP contribution in [0.2, 0.25) is 0 Å². The molecule has 0 aromatic carbocycles. The molecule has 2 nitrogen and oxygen atoms in total. The zero-order chi connectivity index (χ0) is 18.7. The largest absolute Gasteiger partial charge is 0.480 e. The number of hydrogen-bond acceptors (Lipinski definition) is 2. The zero-order valence-corrected chi connectivity index (χ0v) is 12.4. The van der Waals surface area contributed by atoms with Gasteiger partial charge < -0.3 is 5.11 Å². The van der Waals surface area contributed by atoms with Crippen LogP contribution in [0.5, 0.6) is 0 Å². The molecule has 0 fully saturated rings. The van der Waals surface area contributed by atoms with Gasteiger partial charge in [-0.1, -0.05) is 6.92 Å². The third-order valence-electron chi connectivity index (χ3n) is 2.81. The maximum Gasteiger partial charge on any atom is 0.460 e. The molecule has 138 valence electrons. The van der Waals surface area contributed by atoms with Gasteiger partial charge in [0.25, 0.3) is 0 Å². The van der Waals surface area contributed by atoms with Gasteiger partial charge in [0.1, 0.15) is 5.25 Å². The van der Waals surface area contributed by atoms with Gasteiger partial charge >= 0.3 is 29.9 Å². The van der Waals surface area contributed by atoms with Crippen LogP contribution in [0.4, 0.5) is 39.5 Å². The molecule has 1 unspecified atom stereocenters. The first-order valence-electron chi connectivity index (χ1n) is 6.16. The summed E-state index contributed by atoms with van der Waals surface area (Å²) in [5, 5.41) is 7.63. The Bertz CT molecular complexity index is 409. The molecule has 0 aliphatic heterocycles. The highest BCUT2D eigenvalue weighted by atomic mass is 32.2. The van der Waals surface area contributed by atoms with Crippen LogP contribution in [0.25, 0.3) is 0 Å². The van der Waals surface area contributed by atoms with Crippen molar-refractivity contribution in [3.8, 4) is 0 Å². The predicted octanol–water partition coefficient (Wildman–Crippen LogP) is 4.83. The number of halogens is 9. The Kier molecular flexibility index (Phi) is 7.13. The highest BCUT2D eigenvalue weighted by Crippen LogP contribution is 2.54. The van der Waals surface area contributed by atoms with Crippen LogP contribution in [0, 0.1) is 0 Å². The molecule has 0 bridgehead atoms. The van der Waals surface area contributed by atoms with E-state index in [-0.39, 0.29) is 6.42 Å². The SMILES string of the molecule is CCC(SCCCC(F)(F)C(F)(F)C(F)(F)C(F)(F)F)C(=O)O. The molecule has 0 radical (unpaired) electrons. The van der Waals surface area contributed by atoms with Crippen LogP contribution in [-0.2, 0) is 4.79 Å². The van der Waals surface area contributed by atoms with Gasteiger partial charge in [-0.25, -0.2) is 0 Å². The van der Waals surface area contributed by atoms with E-state index in [1.54, 1.807) is 0 Å². The fourth-order valence-corrected chi connectivity index (χ4v) is 2.42. The molecule has 0 amide bonds. The number of carboxylic acids is 1. The molecule has 0 aromatic heterocycles. The minimum Gasteiger partial charge on any atom is -0.480 e. The van der Waals surface area contributed by atoms with E-state index in [4.69, 9.17) is 5.11 Å². The minimum atomic E-state index is -6.89. The lowest BCUT2D eigenvalue weighted by Gasteiger charge is -2.33. The predicted molar refractivity (Wildman–Crippen MR) is 64.3 cm³/mol. The third-order valence-corrected chi connectivity index (χ3v) is 4.27. The number of hydrogen-bond donors (Lipinski definition) is 1. The van der Waals surface area contributed by atoms with Gasteiger partial charge in [-0.15, -0.1) is 11.8 Å². The minimum absolute atomic E-state index is 0.0959. The third kappa shape index (κ3) is 4.83. The van der Waals surface area contributed by atoms with Crippen LogP contribution in [0.15, 0.2) is 0 Å². The maximum atomic E-state index is 13.1. The van der Waals surface area contributed by atoms with E-state index in [0.29, 0.717) is 11.8 Å². The summed E-state index contributed by atoms with van der Waals surface area (Å²) in [6.45, 7) is 1.46. The number of rotatable bonds is 9. The summed E-state index contributed by atoms with van der Waals surface area (Å²) in [4.78, 5) is 10.6. The van der Waals surface area contributed by atoms with Gasteiger partial charge in [0.2, 0.25) is 0 Å². The lowest BCUT2D eigenvalue weighted by atomic mass is 10.00. The molecular weight excluding hydrogens is 367 g/mol. The average Bonchev–Trinajstić information content (AvgIpc) is 2.36. The van der Waals surface area contributed by atoms with Crippen LogP contribution >= 0.6 is 11.8 Å². The lowest BCUT2D eigenvalue weighted by molar-refractivity contribution is -0.396. The van der Waals surface area contributed by atoms with Crippen molar-refractivity contribution < 1.29 is 49.4 Å². The van der Waals surface area contributed by atoms with Gasteiger partial charge in [0.05, 0.1) is 0 Å². The Morgan fingerprint density at radius 2 is 1.48 bits per heavy atom. The smallest absolute Gasteiger partial charge is 0.460 e. The quantitative estimate of drug-likeness (QED) is 0.460. The van der Waals surface area contributed by atoms with E-state index in [1.165, 1.54) is 6.92 Å². The first kappa shape index (κ1) is 22.2. The van der Waals surface area contributed by atoms with Gasteiger partial charge in [0, 0.05) is 6.42 Å². The molecule has 0 heterocycles. The molecule has 23 heavy (non-hydrogen) atoms. The number of carboxylic acid groups (broad SMARTS) is 1. The standard InChI is InChI=1S/C11H13F9O2S/c1-2-6(7(21)22)23-5-3-4-8(12,13)9(14,15)10(16,17)11(18,19)20/h6H,2-5H2,1H3,(H,21,22). The molecule has 0 aromatic rings. The molecule has 0 aliphatic rings. The molecule has 1 N–H and O–H groups in total. The van der Waals surface area contributed by atoms with Crippen molar-refractivity contribution >= 4 is 17.7 Å².